The largest absolute Gasteiger partial charge is 0.496 e. The number of nitrogens with zero attached hydrogens (tertiary/aromatic N) is 3. The van der Waals surface area contributed by atoms with E-state index in [9.17, 15) is 14.4 Å². The first kappa shape index (κ1) is 30.6. The normalized spacial score (nSPS) is 14.6. The van der Waals surface area contributed by atoms with Gasteiger partial charge < -0.3 is 19.3 Å². The number of amides is 2. The van der Waals surface area contributed by atoms with Crippen LogP contribution in [0.25, 0.3) is 0 Å². The van der Waals surface area contributed by atoms with Gasteiger partial charge in [-0.2, -0.15) is 0 Å². The number of methoxy groups -OCH3 is 1. The Labute approximate surface area is 243 Å². The van der Waals surface area contributed by atoms with Crippen molar-refractivity contribution in [1.82, 2.24) is 14.8 Å². The molecule has 3 rings (SSSR count). The topological polar surface area (TPSA) is 89.0 Å². The Bertz CT molecular complexity index is 1230. The van der Waals surface area contributed by atoms with Crippen LogP contribution in [-0.4, -0.2) is 64.9 Å². The van der Waals surface area contributed by atoms with Crippen molar-refractivity contribution in [2.45, 2.75) is 71.4 Å². The lowest BCUT2D eigenvalue weighted by atomic mass is 9.91. The zero-order chi connectivity index (χ0) is 28.6. The van der Waals surface area contributed by atoms with E-state index in [1.807, 2.05) is 26.8 Å². The number of rotatable bonds is 8. The van der Waals surface area contributed by atoms with Crippen LogP contribution in [0, 0.1) is 11.8 Å². The van der Waals surface area contributed by atoms with E-state index in [0.717, 1.165) is 36.1 Å². The highest BCUT2D eigenvalue weighted by Gasteiger charge is 2.42. The lowest BCUT2D eigenvalue weighted by Crippen LogP contribution is -2.55. The molecule has 0 aliphatic carbocycles. The van der Waals surface area contributed by atoms with Crippen molar-refractivity contribution >= 4 is 45.1 Å². The van der Waals surface area contributed by atoms with Crippen LogP contribution in [0.1, 0.15) is 75.4 Å². The van der Waals surface area contributed by atoms with Crippen molar-refractivity contribution in [3.05, 3.63) is 44.3 Å². The molecular weight excluding hydrogens is 582 g/mol. The summed E-state index contributed by atoms with van der Waals surface area (Å²) in [4.78, 5) is 48.3. The summed E-state index contributed by atoms with van der Waals surface area (Å²) in [7, 11) is 1.57. The number of benzene rings is 1. The summed E-state index contributed by atoms with van der Waals surface area (Å²) in [6.07, 6.45) is 5.53. The van der Waals surface area contributed by atoms with Crippen molar-refractivity contribution in [2.75, 3.05) is 26.8 Å². The van der Waals surface area contributed by atoms with Crippen LogP contribution in [0.5, 0.6) is 5.75 Å². The van der Waals surface area contributed by atoms with Crippen molar-refractivity contribution in [1.29, 1.82) is 0 Å². The van der Waals surface area contributed by atoms with Gasteiger partial charge in [-0.15, -0.1) is 11.3 Å². The monoisotopic (exact) mass is 617 g/mol. The Balaban J connectivity index is 1.72. The molecule has 0 radical (unpaired) electrons. The van der Waals surface area contributed by atoms with Gasteiger partial charge in [0.25, 0.3) is 0 Å². The number of ether oxygens (including phenoxy) is 2. The molecule has 0 saturated heterocycles. The van der Waals surface area contributed by atoms with Crippen LogP contribution in [0.3, 0.4) is 0 Å². The van der Waals surface area contributed by atoms with E-state index in [1.54, 1.807) is 36.7 Å². The summed E-state index contributed by atoms with van der Waals surface area (Å²) in [6, 6.07) is 2.63. The minimum absolute atomic E-state index is 0.167. The first-order chi connectivity index (χ1) is 18.6. The number of thiazole rings is 1. The summed E-state index contributed by atoms with van der Waals surface area (Å²) in [6.45, 7) is 8.29. The molecule has 1 unspecified atom stereocenters. The Morgan fingerprint density at radius 3 is 2.64 bits per heavy atom. The summed E-state index contributed by atoms with van der Waals surface area (Å²) in [5, 5.41) is 0. The van der Waals surface area contributed by atoms with Gasteiger partial charge in [-0.25, -0.2) is 4.79 Å². The molecule has 1 aromatic heterocycles. The first-order valence-corrected chi connectivity index (χ1v) is 14.8. The van der Waals surface area contributed by atoms with E-state index >= 15 is 0 Å². The third-order valence-electron chi connectivity index (χ3n) is 6.48. The maximum absolute atomic E-state index is 13.7. The van der Waals surface area contributed by atoms with E-state index in [0.29, 0.717) is 28.8 Å². The fraction of sp³-hybridized carbons (Fsp3) is 0.517. The van der Waals surface area contributed by atoms with Gasteiger partial charge in [-0.1, -0.05) is 18.3 Å². The number of carbonyl (C=O) groups excluding carboxylic acids is 3. The van der Waals surface area contributed by atoms with E-state index in [2.05, 4.69) is 32.8 Å². The van der Waals surface area contributed by atoms with E-state index in [4.69, 9.17) is 9.47 Å². The molecule has 1 atom stereocenters. The second kappa shape index (κ2) is 13.9. The van der Waals surface area contributed by atoms with Gasteiger partial charge in [-0.05, 0) is 86.1 Å². The molecule has 2 heterocycles. The summed E-state index contributed by atoms with van der Waals surface area (Å²) in [5.74, 6) is 5.03. The van der Waals surface area contributed by atoms with Crippen molar-refractivity contribution in [3.63, 3.8) is 0 Å². The molecule has 0 N–H and O–H groups in total. The van der Waals surface area contributed by atoms with Crippen molar-refractivity contribution in [2.24, 2.45) is 0 Å². The fourth-order valence-corrected chi connectivity index (χ4v) is 5.55. The van der Waals surface area contributed by atoms with Gasteiger partial charge in [0.2, 0.25) is 0 Å². The van der Waals surface area contributed by atoms with Crippen LogP contribution in [0.2, 0.25) is 0 Å². The Hall–Kier alpha value is -2.90. The second-order valence-corrected chi connectivity index (χ2v) is 11.9. The van der Waals surface area contributed by atoms with E-state index < -0.39 is 29.4 Å². The standard InChI is InChI=1S/C29H36BrN3O5S/c1-6-38-28(36)25-22-17-23(30)24(37-5)16-20(22)13-15-32(25)26(34)27(35)33(29(2,3)4)14-11-9-7-8-10-12-21-18-31-19-39-21/h16-19,25H,6-9,11,13-15H2,1-5H3. The number of unbranched alkanes of at least 4 members (excludes halogenated alkanes) is 3. The predicted molar refractivity (Wildman–Crippen MR) is 154 cm³/mol. The molecule has 0 bridgehead atoms. The Morgan fingerprint density at radius 1 is 1.23 bits per heavy atom. The van der Waals surface area contributed by atoms with Gasteiger partial charge in [0, 0.05) is 25.0 Å². The van der Waals surface area contributed by atoms with Gasteiger partial charge in [0.05, 0.1) is 34.8 Å². The number of hydrogen-bond donors (Lipinski definition) is 0. The van der Waals surface area contributed by atoms with Crippen LogP contribution in [0.15, 0.2) is 28.3 Å². The van der Waals surface area contributed by atoms with Gasteiger partial charge in [0.1, 0.15) is 5.75 Å². The summed E-state index contributed by atoms with van der Waals surface area (Å²) in [5.41, 5.74) is 2.71. The smallest absolute Gasteiger partial charge is 0.333 e. The maximum Gasteiger partial charge on any atom is 0.333 e. The van der Waals surface area contributed by atoms with E-state index in [1.165, 1.54) is 16.2 Å². The molecule has 39 heavy (non-hydrogen) atoms. The molecule has 2 aromatic rings. The number of aromatic nitrogens is 1. The molecular formula is C29H36BrN3O5S. The number of hydrogen-bond acceptors (Lipinski definition) is 7. The summed E-state index contributed by atoms with van der Waals surface area (Å²) < 4.78 is 11.4. The highest BCUT2D eigenvalue weighted by molar-refractivity contribution is 9.10. The van der Waals surface area contributed by atoms with Crippen LogP contribution >= 0.6 is 27.3 Å². The van der Waals surface area contributed by atoms with Crippen LogP contribution in [0.4, 0.5) is 0 Å². The molecule has 2 amide bonds. The maximum atomic E-state index is 13.7. The molecule has 210 valence electrons. The van der Waals surface area contributed by atoms with Crippen molar-refractivity contribution in [3.8, 4) is 17.6 Å². The third kappa shape index (κ3) is 7.83. The van der Waals surface area contributed by atoms with Crippen LogP contribution < -0.4 is 4.74 Å². The van der Waals surface area contributed by atoms with Crippen LogP contribution in [-0.2, 0) is 25.5 Å². The second-order valence-electron chi connectivity index (χ2n) is 10.2. The number of esters is 1. The average Bonchev–Trinajstić information content (AvgIpc) is 3.41. The van der Waals surface area contributed by atoms with Gasteiger partial charge in [-0.3, -0.25) is 14.6 Å². The zero-order valence-electron chi connectivity index (χ0n) is 23.2. The van der Waals surface area contributed by atoms with Gasteiger partial charge >= 0.3 is 17.8 Å². The highest BCUT2D eigenvalue weighted by atomic mass is 79.9. The molecule has 1 aliphatic heterocycles. The molecule has 8 nitrogen and oxygen atoms in total. The number of fused-ring (bicyclic) bond motifs is 1. The minimum Gasteiger partial charge on any atom is -0.496 e. The molecule has 0 fully saturated rings. The van der Waals surface area contributed by atoms with E-state index in [-0.39, 0.29) is 13.2 Å². The number of carbonyl (C=O) groups is 3. The highest BCUT2D eigenvalue weighted by Crippen LogP contribution is 2.38. The first-order valence-electron chi connectivity index (χ1n) is 13.1. The Kier molecular flexibility index (Phi) is 11.0. The summed E-state index contributed by atoms with van der Waals surface area (Å²) >= 11 is 5.00. The molecule has 10 heteroatoms. The van der Waals surface area contributed by atoms with Gasteiger partial charge in [0.15, 0.2) is 6.04 Å². The third-order valence-corrected chi connectivity index (χ3v) is 7.79. The molecule has 1 aliphatic rings. The fourth-order valence-electron chi connectivity index (χ4n) is 4.54. The predicted octanol–water partition coefficient (Wildman–Crippen LogP) is 5.14. The minimum atomic E-state index is -1.01. The lowest BCUT2D eigenvalue weighted by Gasteiger charge is -2.39. The van der Waals surface area contributed by atoms with Crippen molar-refractivity contribution < 1.29 is 23.9 Å². The molecule has 0 saturated carbocycles. The average molecular weight is 619 g/mol. The number of halogens is 1. The molecule has 0 spiro atoms. The SMILES string of the molecule is CCOC(=O)C1c2cc(Br)c(OC)cc2CCN1C(=O)C(=O)N(CCCCCC#Cc1cncs1)C(C)(C)C. The quantitative estimate of drug-likeness (QED) is 0.176. The molecule has 1 aromatic carbocycles. The Morgan fingerprint density at radius 2 is 2.00 bits per heavy atom. The zero-order valence-corrected chi connectivity index (χ0v) is 25.6. The lowest BCUT2D eigenvalue weighted by molar-refractivity contribution is -0.162.